The summed E-state index contributed by atoms with van der Waals surface area (Å²) >= 11 is 0. The van der Waals surface area contributed by atoms with E-state index in [1.165, 1.54) is 6.08 Å². The molecule has 1 amide bonds. The van der Waals surface area contributed by atoms with Crippen molar-refractivity contribution >= 4 is 12.0 Å². The predicted molar refractivity (Wildman–Crippen MR) is 90.2 cm³/mol. The number of piperazine rings is 1. The first-order valence-electron chi connectivity index (χ1n) is 8.05. The van der Waals surface area contributed by atoms with Crippen molar-refractivity contribution in [3.63, 3.8) is 0 Å². The number of hydrogen-bond acceptors (Lipinski definition) is 6. The van der Waals surface area contributed by atoms with Gasteiger partial charge in [0, 0.05) is 32.3 Å². The van der Waals surface area contributed by atoms with Crippen molar-refractivity contribution in [1.29, 1.82) is 0 Å². The van der Waals surface area contributed by atoms with Crippen molar-refractivity contribution in [3.8, 4) is 17.2 Å². The zero-order chi connectivity index (χ0) is 16.9. The van der Waals surface area contributed by atoms with E-state index in [0.29, 0.717) is 30.5 Å². The van der Waals surface area contributed by atoms with Crippen LogP contribution in [0.25, 0.3) is 6.08 Å². The smallest absolute Gasteiger partial charge is 0.258 e. The summed E-state index contributed by atoms with van der Waals surface area (Å²) in [4.78, 5) is 14.3. The van der Waals surface area contributed by atoms with Gasteiger partial charge in [0.05, 0.1) is 7.11 Å². The number of carbonyl (C=O) groups is 1. The average Bonchev–Trinajstić information content (AvgIpc) is 2.61. The monoisotopic (exact) mass is 333 g/mol. The molecular formula is C17H23N3O4. The maximum absolute atomic E-state index is 12.1. The molecule has 3 rings (SSSR count). The van der Waals surface area contributed by atoms with Gasteiger partial charge in [-0.1, -0.05) is 0 Å². The van der Waals surface area contributed by atoms with Crippen LogP contribution in [0, 0.1) is 0 Å². The molecule has 0 unspecified atom stereocenters. The van der Waals surface area contributed by atoms with Gasteiger partial charge in [-0.15, -0.1) is 0 Å². The third kappa shape index (κ3) is 3.98. The van der Waals surface area contributed by atoms with E-state index in [1.807, 2.05) is 17.1 Å². The molecule has 0 atom stereocenters. The Morgan fingerprint density at radius 1 is 1.21 bits per heavy atom. The third-order valence-corrected chi connectivity index (χ3v) is 4.05. The molecule has 7 nitrogen and oxygen atoms in total. The van der Waals surface area contributed by atoms with E-state index >= 15 is 0 Å². The van der Waals surface area contributed by atoms with Crippen molar-refractivity contribution in [3.05, 3.63) is 23.8 Å². The van der Waals surface area contributed by atoms with E-state index in [2.05, 4.69) is 17.4 Å². The molecule has 24 heavy (non-hydrogen) atoms. The standard InChI is InChI=1S/C17H23N3O4/c1-19-5-7-20(8-6-19)18-16(21)4-3-13-11-14(22-2)17-15(12-13)23-9-10-24-17/h3-4,11-12H,5-10H2,1-2H3,(H,18,21)/b4-3+. The van der Waals surface area contributed by atoms with Gasteiger partial charge in [-0.2, -0.15) is 0 Å². The van der Waals surface area contributed by atoms with Crippen LogP contribution in [0.15, 0.2) is 18.2 Å². The van der Waals surface area contributed by atoms with Gasteiger partial charge in [-0.3, -0.25) is 10.2 Å². The number of hydrogen-bond donors (Lipinski definition) is 1. The third-order valence-electron chi connectivity index (χ3n) is 4.05. The maximum Gasteiger partial charge on any atom is 0.258 e. The van der Waals surface area contributed by atoms with E-state index < -0.39 is 0 Å². The fourth-order valence-corrected chi connectivity index (χ4v) is 2.67. The van der Waals surface area contributed by atoms with Crippen molar-refractivity contribution in [1.82, 2.24) is 15.3 Å². The summed E-state index contributed by atoms with van der Waals surface area (Å²) in [6.07, 6.45) is 3.26. The number of benzene rings is 1. The summed E-state index contributed by atoms with van der Waals surface area (Å²) in [5.74, 6) is 1.71. The second-order valence-corrected chi connectivity index (χ2v) is 5.85. The Morgan fingerprint density at radius 2 is 1.96 bits per heavy atom. The van der Waals surface area contributed by atoms with Crippen LogP contribution in [0.2, 0.25) is 0 Å². The Morgan fingerprint density at radius 3 is 2.71 bits per heavy atom. The minimum absolute atomic E-state index is 0.145. The lowest BCUT2D eigenvalue weighted by Crippen LogP contribution is -2.52. The second-order valence-electron chi connectivity index (χ2n) is 5.85. The number of nitrogens with one attached hydrogen (secondary N) is 1. The van der Waals surface area contributed by atoms with Crippen molar-refractivity contribution < 1.29 is 19.0 Å². The summed E-state index contributed by atoms with van der Waals surface area (Å²) < 4.78 is 16.5. The molecule has 1 saturated heterocycles. The van der Waals surface area contributed by atoms with Gasteiger partial charge in [-0.25, -0.2) is 5.01 Å². The SMILES string of the molecule is COc1cc(/C=C/C(=O)NN2CCN(C)CC2)cc2c1OCCO2. The topological polar surface area (TPSA) is 63.3 Å². The summed E-state index contributed by atoms with van der Waals surface area (Å²) in [7, 11) is 3.66. The van der Waals surface area contributed by atoms with Gasteiger partial charge in [0.15, 0.2) is 11.5 Å². The number of ether oxygens (including phenoxy) is 3. The molecule has 0 spiro atoms. The number of likely N-dealkylation sites (N-methyl/N-ethyl adjacent to an activating group) is 1. The molecule has 2 aliphatic rings. The van der Waals surface area contributed by atoms with Crippen molar-refractivity contribution in [2.45, 2.75) is 0 Å². The van der Waals surface area contributed by atoms with Gasteiger partial charge in [-0.05, 0) is 30.8 Å². The predicted octanol–water partition coefficient (Wildman–Crippen LogP) is 0.758. The molecule has 0 radical (unpaired) electrons. The molecule has 1 fully saturated rings. The second kappa shape index (κ2) is 7.55. The number of rotatable bonds is 4. The Kier molecular flexibility index (Phi) is 5.22. The van der Waals surface area contributed by atoms with Crippen LogP contribution in [-0.2, 0) is 4.79 Å². The lowest BCUT2D eigenvalue weighted by Gasteiger charge is -2.31. The highest BCUT2D eigenvalue weighted by molar-refractivity contribution is 5.91. The van der Waals surface area contributed by atoms with Crippen LogP contribution in [-0.4, -0.2) is 69.4 Å². The first kappa shape index (κ1) is 16.6. The molecule has 1 aromatic rings. The van der Waals surface area contributed by atoms with E-state index in [9.17, 15) is 4.79 Å². The minimum atomic E-state index is -0.145. The van der Waals surface area contributed by atoms with E-state index in [0.717, 1.165) is 31.7 Å². The number of fused-ring (bicyclic) bond motifs is 1. The first-order valence-corrected chi connectivity index (χ1v) is 8.05. The Labute approximate surface area is 141 Å². The van der Waals surface area contributed by atoms with Crippen LogP contribution < -0.4 is 19.6 Å². The molecule has 0 saturated carbocycles. The van der Waals surface area contributed by atoms with Crippen LogP contribution in [0.4, 0.5) is 0 Å². The van der Waals surface area contributed by atoms with Gasteiger partial charge in [0.25, 0.3) is 5.91 Å². The highest BCUT2D eigenvalue weighted by Gasteiger charge is 2.18. The molecule has 1 N–H and O–H groups in total. The summed E-state index contributed by atoms with van der Waals surface area (Å²) in [5.41, 5.74) is 3.72. The number of nitrogens with zero attached hydrogens (tertiary/aromatic N) is 2. The number of carbonyl (C=O) groups excluding carboxylic acids is 1. The lowest BCUT2D eigenvalue weighted by molar-refractivity contribution is -0.121. The molecule has 0 bridgehead atoms. The van der Waals surface area contributed by atoms with Crippen molar-refractivity contribution in [2.75, 3.05) is 53.6 Å². The fraction of sp³-hybridized carbons (Fsp3) is 0.471. The van der Waals surface area contributed by atoms with Gasteiger partial charge in [0.2, 0.25) is 5.75 Å². The zero-order valence-corrected chi connectivity index (χ0v) is 14.1. The molecule has 2 aliphatic heterocycles. The molecule has 130 valence electrons. The zero-order valence-electron chi connectivity index (χ0n) is 14.1. The summed E-state index contributed by atoms with van der Waals surface area (Å²) in [6.45, 7) is 4.56. The molecule has 1 aromatic carbocycles. The van der Waals surface area contributed by atoms with Crippen LogP contribution in [0.5, 0.6) is 17.2 Å². The number of amides is 1. The summed E-state index contributed by atoms with van der Waals surface area (Å²) in [5, 5.41) is 1.94. The minimum Gasteiger partial charge on any atom is -0.493 e. The average molecular weight is 333 g/mol. The molecule has 0 aliphatic carbocycles. The molecule has 7 heteroatoms. The summed E-state index contributed by atoms with van der Waals surface area (Å²) in [6, 6.07) is 3.67. The Bertz CT molecular complexity index is 607. The molecule has 0 aromatic heterocycles. The largest absolute Gasteiger partial charge is 0.493 e. The Hall–Kier alpha value is -2.25. The quantitative estimate of drug-likeness (QED) is 0.821. The first-order chi connectivity index (χ1) is 11.7. The highest BCUT2D eigenvalue weighted by atomic mass is 16.6. The van der Waals surface area contributed by atoms with Crippen molar-refractivity contribution in [2.24, 2.45) is 0 Å². The van der Waals surface area contributed by atoms with Crippen LogP contribution in [0.3, 0.4) is 0 Å². The number of methoxy groups -OCH3 is 1. The molecular weight excluding hydrogens is 310 g/mol. The van der Waals surface area contributed by atoms with E-state index in [4.69, 9.17) is 14.2 Å². The lowest BCUT2D eigenvalue weighted by atomic mass is 10.1. The van der Waals surface area contributed by atoms with E-state index in [-0.39, 0.29) is 5.91 Å². The fourth-order valence-electron chi connectivity index (χ4n) is 2.67. The van der Waals surface area contributed by atoms with Crippen LogP contribution in [0.1, 0.15) is 5.56 Å². The highest BCUT2D eigenvalue weighted by Crippen LogP contribution is 2.40. The number of hydrazine groups is 1. The normalized spacial score (nSPS) is 18.6. The maximum atomic E-state index is 12.1. The Balaban J connectivity index is 1.64. The van der Waals surface area contributed by atoms with Crippen LogP contribution >= 0.6 is 0 Å². The van der Waals surface area contributed by atoms with E-state index in [1.54, 1.807) is 13.2 Å². The molecule has 2 heterocycles. The van der Waals surface area contributed by atoms with Gasteiger partial charge >= 0.3 is 0 Å². The van der Waals surface area contributed by atoms with Gasteiger partial charge in [0.1, 0.15) is 13.2 Å². The van der Waals surface area contributed by atoms with Gasteiger partial charge < -0.3 is 19.1 Å².